The summed E-state index contributed by atoms with van der Waals surface area (Å²) in [6.07, 6.45) is 2.68. The maximum Gasteiger partial charge on any atom is 0.251 e. The summed E-state index contributed by atoms with van der Waals surface area (Å²) in [5.74, 6) is 0.899. The standard InChI is InChI=1S/C14H19NO4/c1-18-11-5-4-10(8-12(11)19-2)13(17)15-14(9-16)6-3-7-14/h4-5,8,16H,3,6-7,9H2,1-2H3,(H,15,17). The van der Waals surface area contributed by atoms with E-state index in [1.165, 1.54) is 7.11 Å². The lowest BCUT2D eigenvalue weighted by atomic mass is 9.77. The summed E-state index contributed by atoms with van der Waals surface area (Å²) in [6, 6.07) is 5.01. The molecule has 104 valence electrons. The highest BCUT2D eigenvalue weighted by atomic mass is 16.5. The van der Waals surface area contributed by atoms with Crippen molar-refractivity contribution in [3.63, 3.8) is 0 Å². The van der Waals surface area contributed by atoms with Crippen LogP contribution in [0.4, 0.5) is 0 Å². The molecule has 2 N–H and O–H groups in total. The van der Waals surface area contributed by atoms with Gasteiger partial charge in [0.15, 0.2) is 11.5 Å². The second kappa shape index (κ2) is 5.48. The molecule has 19 heavy (non-hydrogen) atoms. The summed E-state index contributed by atoms with van der Waals surface area (Å²) in [6.45, 7) is -0.0218. The van der Waals surface area contributed by atoms with Gasteiger partial charge in [0, 0.05) is 5.56 Å². The van der Waals surface area contributed by atoms with Gasteiger partial charge in [-0.2, -0.15) is 0 Å². The maximum absolute atomic E-state index is 12.2. The van der Waals surface area contributed by atoms with E-state index in [0.717, 1.165) is 19.3 Å². The van der Waals surface area contributed by atoms with Crippen LogP contribution in [0, 0.1) is 0 Å². The minimum atomic E-state index is -0.440. The van der Waals surface area contributed by atoms with Crippen LogP contribution in [0.15, 0.2) is 18.2 Å². The number of benzene rings is 1. The number of methoxy groups -OCH3 is 2. The van der Waals surface area contributed by atoms with Gasteiger partial charge in [0.1, 0.15) is 0 Å². The molecule has 0 bridgehead atoms. The topological polar surface area (TPSA) is 67.8 Å². The average molecular weight is 265 g/mol. The molecule has 5 nitrogen and oxygen atoms in total. The summed E-state index contributed by atoms with van der Waals surface area (Å²) < 4.78 is 10.3. The van der Waals surface area contributed by atoms with Crippen LogP contribution in [-0.2, 0) is 0 Å². The number of carbonyl (C=O) groups is 1. The number of amides is 1. The third-order valence-corrected chi connectivity index (χ3v) is 3.64. The fraction of sp³-hybridized carbons (Fsp3) is 0.500. The largest absolute Gasteiger partial charge is 0.493 e. The van der Waals surface area contributed by atoms with Crippen molar-refractivity contribution in [2.75, 3.05) is 20.8 Å². The molecule has 1 fully saturated rings. The lowest BCUT2D eigenvalue weighted by Crippen LogP contribution is -2.56. The molecule has 1 aromatic carbocycles. The normalized spacial score (nSPS) is 16.4. The summed E-state index contributed by atoms with van der Waals surface area (Å²) in [7, 11) is 3.08. The fourth-order valence-electron chi connectivity index (χ4n) is 2.22. The Morgan fingerprint density at radius 1 is 1.32 bits per heavy atom. The molecule has 0 aliphatic heterocycles. The zero-order chi connectivity index (χ0) is 13.9. The molecule has 0 saturated heterocycles. The number of carbonyl (C=O) groups excluding carboxylic acids is 1. The highest BCUT2D eigenvalue weighted by Gasteiger charge is 2.37. The van der Waals surface area contributed by atoms with Gasteiger partial charge in [0.2, 0.25) is 0 Å². The molecule has 2 rings (SSSR count). The minimum Gasteiger partial charge on any atom is -0.493 e. The van der Waals surface area contributed by atoms with Crippen molar-refractivity contribution in [1.29, 1.82) is 0 Å². The lowest BCUT2D eigenvalue weighted by Gasteiger charge is -2.40. The van der Waals surface area contributed by atoms with Crippen molar-refractivity contribution in [2.45, 2.75) is 24.8 Å². The fourth-order valence-corrected chi connectivity index (χ4v) is 2.22. The van der Waals surface area contributed by atoms with Crippen LogP contribution in [0.25, 0.3) is 0 Å². The first-order chi connectivity index (χ1) is 9.14. The van der Waals surface area contributed by atoms with E-state index in [2.05, 4.69) is 5.32 Å². The van der Waals surface area contributed by atoms with E-state index in [9.17, 15) is 9.90 Å². The molecule has 1 aromatic rings. The Morgan fingerprint density at radius 3 is 2.47 bits per heavy atom. The van der Waals surface area contributed by atoms with E-state index < -0.39 is 5.54 Å². The number of aliphatic hydroxyl groups excluding tert-OH is 1. The second-order valence-electron chi connectivity index (χ2n) is 4.82. The number of ether oxygens (including phenoxy) is 2. The van der Waals surface area contributed by atoms with Gasteiger partial charge in [-0.25, -0.2) is 0 Å². The quantitative estimate of drug-likeness (QED) is 0.843. The van der Waals surface area contributed by atoms with Gasteiger partial charge in [-0.3, -0.25) is 4.79 Å². The van der Waals surface area contributed by atoms with Crippen molar-refractivity contribution < 1.29 is 19.4 Å². The van der Waals surface area contributed by atoms with E-state index in [-0.39, 0.29) is 12.5 Å². The molecule has 1 aliphatic rings. The molecular weight excluding hydrogens is 246 g/mol. The summed E-state index contributed by atoms with van der Waals surface area (Å²) >= 11 is 0. The van der Waals surface area contributed by atoms with E-state index in [1.807, 2.05) is 0 Å². The maximum atomic E-state index is 12.2. The Hall–Kier alpha value is -1.75. The van der Waals surface area contributed by atoms with Gasteiger partial charge in [-0.1, -0.05) is 0 Å². The Morgan fingerprint density at radius 2 is 2.00 bits per heavy atom. The van der Waals surface area contributed by atoms with Crippen LogP contribution in [-0.4, -0.2) is 37.4 Å². The van der Waals surface area contributed by atoms with Crippen molar-refractivity contribution in [3.8, 4) is 11.5 Å². The molecule has 0 spiro atoms. The number of aliphatic hydroxyl groups is 1. The molecule has 0 radical (unpaired) electrons. The highest BCUT2D eigenvalue weighted by molar-refractivity contribution is 5.95. The Labute approximate surface area is 112 Å². The molecule has 1 aliphatic carbocycles. The molecule has 0 unspecified atom stereocenters. The van der Waals surface area contributed by atoms with Gasteiger partial charge < -0.3 is 19.9 Å². The molecule has 0 atom stereocenters. The molecule has 1 saturated carbocycles. The SMILES string of the molecule is COc1ccc(C(=O)NC2(CO)CCC2)cc1OC. The minimum absolute atomic E-state index is 0.0218. The monoisotopic (exact) mass is 265 g/mol. The predicted octanol–water partition coefficient (Wildman–Crippen LogP) is 1.35. The summed E-state index contributed by atoms with van der Waals surface area (Å²) in [4.78, 5) is 12.2. The smallest absolute Gasteiger partial charge is 0.251 e. The molecular formula is C14H19NO4. The third-order valence-electron chi connectivity index (χ3n) is 3.64. The van der Waals surface area contributed by atoms with Crippen LogP contribution < -0.4 is 14.8 Å². The van der Waals surface area contributed by atoms with Crippen LogP contribution in [0.5, 0.6) is 11.5 Å². The van der Waals surface area contributed by atoms with Gasteiger partial charge >= 0.3 is 0 Å². The van der Waals surface area contributed by atoms with Crippen LogP contribution in [0.1, 0.15) is 29.6 Å². The zero-order valence-corrected chi connectivity index (χ0v) is 11.2. The van der Waals surface area contributed by atoms with Crippen molar-refractivity contribution in [2.24, 2.45) is 0 Å². The third kappa shape index (κ3) is 2.66. The zero-order valence-electron chi connectivity index (χ0n) is 11.2. The van der Waals surface area contributed by atoms with Gasteiger partial charge in [-0.05, 0) is 37.5 Å². The van der Waals surface area contributed by atoms with Crippen LogP contribution >= 0.6 is 0 Å². The average Bonchev–Trinajstić information content (AvgIpc) is 2.41. The molecule has 5 heteroatoms. The first-order valence-electron chi connectivity index (χ1n) is 6.29. The Balaban J connectivity index is 2.15. The van der Waals surface area contributed by atoms with E-state index in [0.29, 0.717) is 17.1 Å². The molecule has 1 amide bonds. The number of hydrogen-bond acceptors (Lipinski definition) is 4. The second-order valence-corrected chi connectivity index (χ2v) is 4.82. The van der Waals surface area contributed by atoms with E-state index in [4.69, 9.17) is 9.47 Å². The van der Waals surface area contributed by atoms with Crippen LogP contribution in [0.3, 0.4) is 0 Å². The summed E-state index contributed by atoms with van der Waals surface area (Å²) in [5.41, 5.74) is 0.0573. The number of hydrogen-bond donors (Lipinski definition) is 2. The number of rotatable bonds is 5. The van der Waals surface area contributed by atoms with Crippen molar-refractivity contribution in [1.82, 2.24) is 5.32 Å². The van der Waals surface area contributed by atoms with E-state index >= 15 is 0 Å². The molecule has 0 heterocycles. The van der Waals surface area contributed by atoms with Gasteiger partial charge in [0.05, 0.1) is 26.4 Å². The van der Waals surface area contributed by atoms with Crippen molar-refractivity contribution in [3.05, 3.63) is 23.8 Å². The Bertz CT molecular complexity index is 463. The predicted molar refractivity (Wildman–Crippen MR) is 70.7 cm³/mol. The summed E-state index contributed by atoms with van der Waals surface area (Å²) in [5, 5.41) is 12.3. The Kier molecular flexibility index (Phi) is 3.95. The highest BCUT2D eigenvalue weighted by Crippen LogP contribution is 2.32. The van der Waals surface area contributed by atoms with E-state index in [1.54, 1.807) is 25.3 Å². The van der Waals surface area contributed by atoms with Crippen LogP contribution in [0.2, 0.25) is 0 Å². The first kappa shape index (κ1) is 13.7. The van der Waals surface area contributed by atoms with Gasteiger partial charge in [0.25, 0.3) is 5.91 Å². The molecule has 0 aromatic heterocycles. The first-order valence-corrected chi connectivity index (χ1v) is 6.29. The number of nitrogens with one attached hydrogen (secondary N) is 1. The van der Waals surface area contributed by atoms with Crippen molar-refractivity contribution >= 4 is 5.91 Å². The van der Waals surface area contributed by atoms with Gasteiger partial charge in [-0.15, -0.1) is 0 Å². The lowest BCUT2D eigenvalue weighted by molar-refractivity contribution is 0.0641.